The van der Waals surface area contributed by atoms with Crippen LogP contribution >= 0.6 is 27.3 Å². The normalized spacial score (nSPS) is 13.5. The number of hydrogen-bond donors (Lipinski definition) is 1. The van der Waals surface area contributed by atoms with Gasteiger partial charge in [0.25, 0.3) is 0 Å². The lowest BCUT2D eigenvalue weighted by atomic mass is 9.78. The summed E-state index contributed by atoms with van der Waals surface area (Å²) in [6.07, 6.45) is 0.0655. The average Bonchev–Trinajstić information content (AvgIpc) is 2.75. The summed E-state index contributed by atoms with van der Waals surface area (Å²) >= 11 is 5.10. The Balaban J connectivity index is 2.19. The first-order valence-corrected chi connectivity index (χ1v) is 7.74. The lowest BCUT2D eigenvalue weighted by Crippen LogP contribution is -2.35. The highest BCUT2D eigenvalue weighted by molar-refractivity contribution is 9.10. The van der Waals surface area contributed by atoms with E-state index < -0.39 is 11.5 Å². The first-order chi connectivity index (χ1) is 8.91. The number of halogens is 2. The maximum atomic E-state index is 13.0. The van der Waals surface area contributed by atoms with E-state index in [2.05, 4.69) is 15.9 Å². The van der Waals surface area contributed by atoms with Crippen molar-refractivity contribution in [2.75, 3.05) is 0 Å². The zero-order valence-electron chi connectivity index (χ0n) is 10.9. The van der Waals surface area contributed by atoms with Crippen LogP contribution in [0.2, 0.25) is 0 Å². The Morgan fingerprint density at radius 3 is 2.42 bits per heavy atom. The Kier molecular flexibility index (Phi) is 4.43. The molecule has 1 unspecified atom stereocenters. The standard InChI is InChI=1S/C15H16BrFOS/c1-15(2,10-3-5-11(17)6-4-10)14(18)9-13-12(16)7-8-19-13/h3-8,14,18H,9H2,1-2H3. The number of aliphatic hydroxyl groups is 1. The minimum absolute atomic E-state index is 0.255. The van der Waals surface area contributed by atoms with Crippen LogP contribution < -0.4 is 0 Å². The van der Waals surface area contributed by atoms with Crippen LogP contribution in [-0.2, 0) is 11.8 Å². The van der Waals surface area contributed by atoms with Gasteiger partial charge in [-0.15, -0.1) is 11.3 Å². The van der Waals surface area contributed by atoms with Gasteiger partial charge in [0, 0.05) is 21.2 Å². The van der Waals surface area contributed by atoms with Crippen LogP contribution in [-0.4, -0.2) is 11.2 Å². The van der Waals surface area contributed by atoms with E-state index in [9.17, 15) is 9.50 Å². The van der Waals surface area contributed by atoms with Gasteiger partial charge in [0.05, 0.1) is 6.10 Å². The summed E-state index contributed by atoms with van der Waals surface area (Å²) in [4.78, 5) is 1.13. The second kappa shape index (κ2) is 5.73. The third-order valence-corrected chi connectivity index (χ3v) is 5.44. The summed E-state index contributed by atoms with van der Waals surface area (Å²) in [7, 11) is 0. The summed E-state index contributed by atoms with van der Waals surface area (Å²) in [6, 6.07) is 8.33. The van der Waals surface area contributed by atoms with Crippen LogP contribution in [0.5, 0.6) is 0 Å². The second-order valence-corrected chi connectivity index (χ2v) is 7.00. The molecule has 0 aliphatic carbocycles. The van der Waals surface area contributed by atoms with Crippen molar-refractivity contribution in [1.29, 1.82) is 0 Å². The highest BCUT2D eigenvalue weighted by Crippen LogP contribution is 2.32. The molecule has 0 saturated carbocycles. The molecule has 0 aliphatic heterocycles. The predicted molar refractivity (Wildman–Crippen MR) is 81.2 cm³/mol. The molecule has 1 nitrogen and oxygen atoms in total. The summed E-state index contributed by atoms with van der Waals surface area (Å²) in [5, 5.41) is 12.5. The predicted octanol–water partition coefficient (Wildman–Crippen LogP) is 4.53. The Hall–Kier alpha value is -0.710. The van der Waals surface area contributed by atoms with Crippen LogP contribution in [0.25, 0.3) is 0 Å². The van der Waals surface area contributed by atoms with Crippen molar-refractivity contribution in [1.82, 2.24) is 0 Å². The first-order valence-electron chi connectivity index (χ1n) is 6.07. The fourth-order valence-corrected chi connectivity index (χ4v) is 3.53. The molecular weight excluding hydrogens is 327 g/mol. The zero-order valence-corrected chi connectivity index (χ0v) is 13.3. The van der Waals surface area contributed by atoms with Crippen LogP contribution in [0.3, 0.4) is 0 Å². The highest BCUT2D eigenvalue weighted by Gasteiger charge is 2.30. The van der Waals surface area contributed by atoms with E-state index in [1.807, 2.05) is 25.3 Å². The molecule has 0 fully saturated rings. The molecular formula is C15H16BrFOS. The van der Waals surface area contributed by atoms with Gasteiger partial charge in [0.2, 0.25) is 0 Å². The van der Waals surface area contributed by atoms with E-state index >= 15 is 0 Å². The minimum Gasteiger partial charge on any atom is -0.392 e. The molecule has 1 N–H and O–H groups in total. The lowest BCUT2D eigenvalue weighted by molar-refractivity contribution is 0.101. The van der Waals surface area contributed by atoms with Gasteiger partial charge < -0.3 is 5.11 Å². The molecule has 102 valence electrons. The molecule has 1 aromatic carbocycles. The molecule has 1 heterocycles. The number of hydrogen-bond acceptors (Lipinski definition) is 2. The fourth-order valence-electron chi connectivity index (χ4n) is 1.97. The van der Waals surface area contributed by atoms with Crippen molar-refractivity contribution in [2.45, 2.75) is 31.8 Å². The number of aliphatic hydroxyl groups excluding tert-OH is 1. The fraction of sp³-hybridized carbons (Fsp3) is 0.333. The van der Waals surface area contributed by atoms with E-state index in [0.29, 0.717) is 6.42 Å². The monoisotopic (exact) mass is 342 g/mol. The summed E-state index contributed by atoms with van der Waals surface area (Å²) in [5.74, 6) is -0.255. The molecule has 2 rings (SSSR count). The van der Waals surface area contributed by atoms with Crippen LogP contribution in [0, 0.1) is 5.82 Å². The van der Waals surface area contributed by atoms with Gasteiger partial charge in [0.15, 0.2) is 0 Å². The Bertz CT molecular complexity index is 548. The first kappa shape index (κ1) is 14.7. The molecule has 0 aliphatic rings. The summed E-state index contributed by atoms with van der Waals surface area (Å²) in [5.41, 5.74) is 0.519. The SMILES string of the molecule is CC(C)(c1ccc(F)cc1)C(O)Cc1sccc1Br. The average molecular weight is 343 g/mol. The largest absolute Gasteiger partial charge is 0.392 e. The quantitative estimate of drug-likeness (QED) is 0.865. The van der Waals surface area contributed by atoms with E-state index in [0.717, 1.165) is 14.9 Å². The zero-order chi connectivity index (χ0) is 14.0. The molecule has 4 heteroatoms. The second-order valence-electron chi connectivity index (χ2n) is 5.14. The summed E-state index contributed by atoms with van der Waals surface area (Å²) < 4.78 is 14.0. The molecule has 0 amide bonds. The Morgan fingerprint density at radius 2 is 1.89 bits per heavy atom. The Morgan fingerprint density at radius 1 is 1.26 bits per heavy atom. The smallest absolute Gasteiger partial charge is 0.123 e. The van der Waals surface area contributed by atoms with Crippen LogP contribution in [0.15, 0.2) is 40.2 Å². The van der Waals surface area contributed by atoms with Crippen molar-refractivity contribution in [3.05, 3.63) is 56.4 Å². The van der Waals surface area contributed by atoms with Gasteiger partial charge in [-0.25, -0.2) is 4.39 Å². The van der Waals surface area contributed by atoms with Gasteiger partial charge >= 0.3 is 0 Å². The van der Waals surface area contributed by atoms with E-state index in [1.165, 1.54) is 12.1 Å². The van der Waals surface area contributed by atoms with E-state index in [4.69, 9.17) is 0 Å². The third kappa shape index (κ3) is 3.25. The molecule has 0 spiro atoms. The number of rotatable bonds is 4. The van der Waals surface area contributed by atoms with Crippen molar-refractivity contribution in [3.8, 4) is 0 Å². The summed E-state index contributed by atoms with van der Waals surface area (Å²) in [6.45, 7) is 3.96. The molecule has 0 radical (unpaired) electrons. The lowest BCUT2D eigenvalue weighted by Gasteiger charge is -2.31. The van der Waals surface area contributed by atoms with Gasteiger partial charge in [-0.3, -0.25) is 0 Å². The maximum Gasteiger partial charge on any atom is 0.123 e. The Labute approximate surface area is 125 Å². The van der Waals surface area contributed by atoms with E-state index in [-0.39, 0.29) is 5.82 Å². The number of benzene rings is 1. The third-order valence-electron chi connectivity index (χ3n) is 3.49. The molecule has 0 bridgehead atoms. The molecule has 0 saturated heterocycles. The van der Waals surface area contributed by atoms with Crippen LogP contribution in [0.1, 0.15) is 24.3 Å². The minimum atomic E-state index is -0.520. The topological polar surface area (TPSA) is 20.2 Å². The van der Waals surface area contributed by atoms with Gasteiger partial charge in [-0.1, -0.05) is 26.0 Å². The van der Waals surface area contributed by atoms with Crippen molar-refractivity contribution < 1.29 is 9.50 Å². The van der Waals surface area contributed by atoms with Crippen molar-refractivity contribution in [3.63, 3.8) is 0 Å². The molecule has 19 heavy (non-hydrogen) atoms. The molecule has 1 atom stereocenters. The van der Waals surface area contributed by atoms with Gasteiger partial charge in [0.1, 0.15) is 5.82 Å². The van der Waals surface area contributed by atoms with Crippen molar-refractivity contribution >= 4 is 27.3 Å². The molecule has 1 aromatic heterocycles. The van der Waals surface area contributed by atoms with Gasteiger partial charge in [-0.05, 0) is 45.1 Å². The maximum absolute atomic E-state index is 13.0. The number of thiophene rings is 1. The van der Waals surface area contributed by atoms with Gasteiger partial charge in [-0.2, -0.15) is 0 Å². The van der Waals surface area contributed by atoms with E-state index in [1.54, 1.807) is 23.5 Å². The van der Waals surface area contributed by atoms with Crippen molar-refractivity contribution in [2.24, 2.45) is 0 Å². The molecule has 2 aromatic rings. The van der Waals surface area contributed by atoms with Crippen LogP contribution in [0.4, 0.5) is 4.39 Å². The highest BCUT2D eigenvalue weighted by atomic mass is 79.9.